The number of halogens is 2. The van der Waals surface area contributed by atoms with Crippen molar-refractivity contribution in [2.45, 2.75) is 0 Å². The van der Waals surface area contributed by atoms with Gasteiger partial charge in [-0.1, -0.05) is 6.07 Å². The van der Waals surface area contributed by atoms with Gasteiger partial charge >= 0.3 is 34.5 Å². The molecule has 10 heavy (non-hydrogen) atoms. The molecule has 0 unspecified atom stereocenters. The summed E-state index contributed by atoms with van der Waals surface area (Å²) in [6.45, 7) is 3.72. The van der Waals surface area contributed by atoms with Crippen LogP contribution >= 0.6 is 19.4 Å². The average Bonchev–Trinajstić information content (AvgIpc) is 1.91. The van der Waals surface area contributed by atoms with Crippen molar-refractivity contribution in [1.29, 1.82) is 0 Å². The molecular formula is C7H7Cl2Ru+. The summed E-state index contributed by atoms with van der Waals surface area (Å²) in [5.74, 6) is 0. The van der Waals surface area contributed by atoms with Gasteiger partial charge in [-0.15, -0.1) is 12.1 Å². The number of hydrogen-bond acceptors (Lipinski definition) is 0. The van der Waals surface area contributed by atoms with Crippen molar-refractivity contribution in [3.63, 3.8) is 0 Å². The Labute approximate surface area is 77.2 Å². The summed E-state index contributed by atoms with van der Waals surface area (Å²) in [6, 6.07) is 9.87. The van der Waals surface area contributed by atoms with E-state index in [2.05, 4.69) is 6.92 Å². The first-order chi connectivity index (χ1) is 4.81. The zero-order valence-corrected chi connectivity index (χ0v) is 8.45. The molecule has 1 aromatic carbocycles. The van der Waals surface area contributed by atoms with Crippen LogP contribution in [0.1, 0.15) is 5.56 Å². The minimum atomic E-state index is -0.346. The van der Waals surface area contributed by atoms with E-state index in [1.54, 1.807) is 0 Å². The Hall–Kier alpha value is 0.293. The molecule has 0 heterocycles. The predicted octanol–water partition coefficient (Wildman–Crippen LogP) is 3.25. The zero-order chi connectivity index (χ0) is 7.82. The van der Waals surface area contributed by atoms with E-state index in [0.717, 1.165) is 5.56 Å². The van der Waals surface area contributed by atoms with E-state index in [4.69, 9.17) is 19.4 Å². The first-order valence-corrected chi connectivity index (χ1v) is 7.01. The van der Waals surface area contributed by atoms with Crippen LogP contribution in [0.5, 0.6) is 0 Å². The zero-order valence-electron chi connectivity index (χ0n) is 5.20. The molecular weight excluding hydrogens is 256 g/mol. The molecule has 0 atom stereocenters. The normalized spacial score (nSPS) is 7.80. The molecule has 0 aliphatic heterocycles. The van der Waals surface area contributed by atoms with Gasteiger partial charge in [-0.05, 0) is 0 Å². The van der Waals surface area contributed by atoms with E-state index >= 15 is 0 Å². The van der Waals surface area contributed by atoms with Gasteiger partial charge in [-0.3, -0.25) is 0 Å². The van der Waals surface area contributed by atoms with Crippen molar-refractivity contribution in [3.8, 4) is 0 Å². The molecule has 0 saturated heterocycles. The van der Waals surface area contributed by atoms with Crippen LogP contribution in [0.4, 0.5) is 0 Å². The fourth-order valence-corrected chi connectivity index (χ4v) is 0.478. The van der Waals surface area contributed by atoms with Crippen LogP contribution in [0.3, 0.4) is 0 Å². The molecule has 0 aliphatic carbocycles. The topological polar surface area (TPSA) is 0 Å². The van der Waals surface area contributed by atoms with E-state index in [9.17, 15) is 0 Å². The molecule has 1 rings (SSSR count). The molecule has 0 N–H and O–H groups in total. The minimum absolute atomic E-state index is 0.346. The first kappa shape index (κ1) is 10.3. The second kappa shape index (κ2) is 7.40. The Kier molecular flexibility index (Phi) is 7.62. The van der Waals surface area contributed by atoms with Gasteiger partial charge in [0.25, 0.3) is 0 Å². The van der Waals surface area contributed by atoms with Gasteiger partial charge in [0.2, 0.25) is 0 Å². The third kappa shape index (κ3) is 6.41. The van der Waals surface area contributed by atoms with E-state index in [1.807, 2.05) is 30.3 Å². The van der Waals surface area contributed by atoms with E-state index in [-0.39, 0.29) is 15.1 Å². The van der Waals surface area contributed by atoms with Crippen molar-refractivity contribution in [2.24, 2.45) is 0 Å². The SMILES string of the molecule is [CH2-]c1ccccc1.[Cl][Ru+2][Cl]. The number of rotatable bonds is 0. The summed E-state index contributed by atoms with van der Waals surface area (Å²) < 4.78 is 0. The van der Waals surface area contributed by atoms with Crippen LogP contribution in [0.25, 0.3) is 0 Å². The molecule has 0 radical (unpaired) electrons. The van der Waals surface area contributed by atoms with Crippen LogP contribution in [0.2, 0.25) is 0 Å². The predicted molar refractivity (Wildman–Crippen MR) is 42.6 cm³/mol. The molecule has 0 spiro atoms. The second-order valence-corrected chi connectivity index (χ2v) is 4.17. The molecule has 0 amide bonds. The Morgan fingerprint density at radius 3 is 1.70 bits per heavy atom. The summed E-state index contributed by atoms with van der Waals surface area (Å²) in [5.41, 5.74) is 1.07. The number of hydrogen-bond donors (Lipinski definition) is 0. The van der Waals surface area contributed by atoms with Crippen molar-refractivity contribution < 1.29 is 15.1 Å². The van der Waals surface area contributed by atoms with Crippen LogP contribution in [0.15, 0.2) is 30.3 Å². The maximum atomic E-state index is 4.85. The van der Waals surface area contributed by atoms with Crippen LogP contribution < -0.4 is 0 Å². The molecule has 56 valence electrons. The van der Waals surface area contributed by atoms with Crippen molar-refractivity contribution >= 4 is 19.4 Å². The van der Waals surface area contributed by atoms with Gasteiger partial charge < -0.3 is 0 Å². The summed E-state index contributed by atoms with van der Waals surface area (Å²) in [5, 5.41) is 0. The van der Waals surface area contributed by atoms with Gasteiger partial charge in [0.05, 0.1) is 0 Å². The van der Waals surface area contributed by atoms with Gasteiger partial charge in [0.15, 0.2) is 0 Å². The van der Waals surface area contributed by atoms with Crippen LogP contribution in [0, 0.1) is 6.92 Å². The van der Waals surface area contributed by atoms with E-state index < -0.39 is 0 Å². The van der Waals surface area contributed by atoms with Crippen molar-refractivity contribution in [2.75, 3.05) is 0 Å². The van der Waals surface area contributed by atoms with Crippen molar-refractivity contribution in [1.82, 2.24) is 0 Å². The average molecular weight is 263 g/mol. The molecule has 0 fully saturated rings. The monoisotopic (exact) mass is 263 g/mol. The Balaban J connectivity index is 0.000000236. The Bertz CT molecular complexity index is 153. The molecule has 0 aromatic heterocycles. The van der Waals surface area contributed by atoms with E-state index in [1.165, 1.54) is 0 Å². The number of benzene rings is 1. The van der Waals surface area contributed by atoms with E-state index in [0.29, 0.717) is 0 Å². The fourth-order valence-electron chi connectivity index (χ4n) is 0.478. The quantitative estimate of drug-likeness (QED) is 0.498. The summed E-state index contributed by atoms with van der Waals surface area (Å²) in [7, 11) is 9.71. The van der Waals surface area contributed by atoms with Crippen molar-refractivity contribution in [3.05, 3.63) is 42.8 Å². The fraction of sp³-hybridized carbons (Fsp3) is 0. The molecule has 3 heteroatoms. The summed E-state index contributed by atoms with van der Waals surface area (Å²) in [6.07, 6.45) is 0. The Morgan fingerprint density at radius 2 is 1.50 bits per heavy atom. The molecule has 0 bridgehead atoms. The molecule has 0 saturated carbocycles. The maximum absolute atomic E-state index is 4.85. The second-order valence-electron chi connectivity index (χ2n) is 1.54. The first-order valence-electron chi connectivity index (χ1n) is 2.53. The van der Waals surface area contributed by atoms with Crippen LogP contribution in [-0.4, -0.2) is 0 Å². The van der Waals surface area contributed by atoms with Gasteiger partial charge in [0, 0.05) is 0 Å². The Morgan fingerprint density at radius 1 is 1.10 bits per heavy atom. The summed E-state index contributed by atoms with van der Waals surface area (Å²) >= 11 is -0.346. The molecule has 0 nitrogen and oxygen atoms in total. The molecule has 1 aromatic rings. The third-order valence-corrected chi connectivity index (χ3v) is 0.843. The van der Waals surface area contributed by atoms with Crippen LogP contribution in [-0.2, 0) is 15.1 Å². The summed E-state index contributed by atoms with van der Waals surface area (Å²) in [4.78, 5) is 0. The third-order valence-electron chi connectivity index (χ3n) is 0.843. The standard InChI is InChI=1S/C7H7.2ClH.Ru/c1-7-5-3-2-4-6-7;;;/h2-6H,1H2;2*1H;/q-1;;;+4/p-2. The van der Waals surface area contributed by atoms with Gasteiger partial charge in [-0.2, -0.15) is 24.6 Å². The molecule has 0 aliphatic rings. The van der Waals surface area contributed by atoms with Gasteiger partial charge in [0.1, 0.15) is 0 Å². The van der Waals surface area contributed by atoms with Gasteiger partial charge in [-0.25, -0.2) is 0 Å².